The first kappa shape index (κ1) is 7.64. The fraction of sp³-hybridized carbons (Fsp3) is 0.333. The van der Waals surface area contributed by atoms with Crippen LogP contribution in [0.4, 0.5) is 4.20 Å². The van der Waals surface area contributed by atoms with Gasteiger partial charge in [0.2, 0.25) is 0 Å². The minimum absolute atomic E-state index is 0.232. The molecule has 46 valence electrons. The quantitative estimate of drug-likeness (QED) is 0.424. The maximum absolute atomic E-state index is 11.5. The van der Waals surface area contributed by atoms with Crippen LogP contribution in [0.3, 0.4) is 0 Å². The van der Waals surface area contributed by atoms with Crippen LogP contribution in [0.25, 0.3) is 0 Å². The smallest absolute Gasteiger partial charge is 0.309 e. The summed E-state index contributed by atoms with van der Waals surface area (Å²) >= 11 is 0. The lowest BCUT2D eigenvalue weighted by Gasteiger charge is -1.96. The van der Waals surface area contributed by atoms with Gasteiger partial charge in [-0.05, 0) is 0 Å². The zero-order chi connectivity index (χ0) is 6.62. The van der Waals surface area contributed by atoms with E-state index in [9.17, 15) is 8.76 Å². The van der Waals surface area contributed by atoms with E-state index in [1.807, 2.05) is 5.92 Å². The summed E-state index contributed by atoms with van der Waals surface area (Å²) in [6.45, 7) is -0.232. The molecule has 1 atom stereocenters. The molecule has 0 amide bonds. The molecule has 0 spiro atoms. The first-order valence-corrected chi connectivity index (χ1v) is 3.32. The van der Waals surface area contributed by atoms with E-state index in [4.69, 9.17) is 4.89 Å². The summed E-state index contributed by atoms with van der Waals surface area (Å²) in [6, 6.07) is 0. The van der Waals surface area contributed by atoms with E-state index in [2.05, 4.69) is 6.42 Å². The van der Waals surface area contributed by atoms with E-state index in [0.29, 0.717) is 0 Å². The van der Waals surface area contributed by atoms with Gasteiger partial charge in [0.15, 0.2) is 0 Å². The minimum Gasteiger partial charge on any atom is -0.309 e. The summed E-state index contributed by atoms with van der Waals surface area (Å²) in [5.74, 6) is 1.94. The van der Waals surface area contributed by atoms with Gasteiger partial charge in [0.05, 0.1) is 6.54 Å². The molecule has 2 N–H and O–H groups in total. The number of rotatable bonds is 2. The van der Waals surface area contributed by atoms with Crippen LogP contribution in [0.15, 0.2) is 0 Å². The van der Waals surface area contributed by atoms with E-state index in [0.717, 1.165) is 0 Å². The molecule has 0 aromatic carbocycles. The van der Waals surface area contributed by atoms with Crippen LogP contribution in [0.1, 0.15) is 0 Å². The Bertz CT molecular complexity index is 146. The molecule has 0 rings (SSSR count). The Morgan fingerprint density at radius 3 is 2.62 bits per heavy atom. The molecule has 3 nitrogen and oxygen atoms in total. The number of halogens is 1. The second-order valence-corrected chi connectivity index (χ2v) is 2.36. The molecule has 0 aromatic rings. The lowest BCUT2D eigenvalue weighted by Crippen LogP contribution is -2.06. The molecule has 0 heterocycles. The monoisotopic (exact) mass is 137 g/mol. The normalized spacial score (nSPS) is 16.6. The highest BCUT2D eigenvalue weighted by molar-refractivity contribution is 7.50. The number of hydrogen-bond acceptors (Lipinski definition) is 1. The van der Waals surface area contributed by atoms with Crippen molar-refractivity contribution in [2.24, 2.45) is 0 Å². The van der Waals surface area contributed by atoms with Crippen LogP contribution in [-0.2, 0) is 4.57 Å². The van der Waals surface area contributed by atoms with Crippen molar-refractivity contribution < 1.29 is 13.7 Å². The average Bonchev–Trinajstić information content (AvgIpc) is 1.59. The van der Waals surface area contributed by atoms with E-state index < -0.39 is 7.83 Å². The first-order chi connectivity index (χ1) is 3.56. The Balaban J connectivity index is 3.45. The third-order valence-electron chi connectivity index (χ3n) is 0.376. The maximum Gasteiger partial charge on any atom is 0.440 e. The third-order valence-corrected chi connectivity index (χ3v) is 0.924. The Labute approximate surface area is 46.5 Å². The highest BCUT2D eigenvalue weighted by atomic mass is 31.2. The lowest BCUT2D eigenvalue weighted by molar-refractivity contribution is 0.416. The Morgan fingerprint density at radius 2 is 2.50 bits per heavy atom. The molecule has 0 bridgehead atoms. The second kappa shape index (κ2) is 2.83. The molecule has 0 aliphatic heterocycles. The molecule has 0 aliphatic carbocycles. The summed E-state index contributed by atoms with van der Waals surface area (Å²) in [4.78, 5) is 7.83. The van der Waals surface area contributed by atoms with Crippen molar-refractivity contribution in [3.8, 4) is 12.3 Å². The molecule has 0 radical (unpaired) electrons. The topological polar surface area (TPSA) is 49.3 Å². The van der Waals surface area contributed by atoms with Gasteiger partial charge in [0.1, 0.15) is 0 Å². The highest BCUT2D eigenvalue weighted by Crippen LogP contribution is 2.35. The summed E-state index contributed by atoms with van der Waals surface area (Å²) in [7, 11) is -4.57. The van der Waals surface area contributed by atoms with Gasteiger partial charge in [0.25, 0.3) is 0 Å². The second-order valence-electron chi connectivity index (χ2n) is 1.04. The Hall–Kier alpha value is -0.360. The first-order valence-electron chi connectivity index (χ1n) is 1.77. The number of nitrogens with one attached hydrogen (secondary N) is 1. The Kier molecular flexibility index (Phi) is 2.70. The fourth-order valence-corrected chi connectivity index (χ4v) is 0.429. The van der Waals surface area contributed by atoms with Crippen molar-refractivity contribution in [1.29, 1.82) is 0 Å². The van der Waals surface area contributed by atoms with Gasteiger partial charge in [-0.25, -0.2) is 9.65 Å². The fourth-order valence-electron chi connectivity index (χ4n) is 0.143. The van der Waals surface area contributed by atoms with Crippen LogP contribution < -0.4 is 5.09 Å². The number of terminal acetylenes is 1. The maximum atomic E-state index is 11.5. The lowest BCUT2D eigenvalue weighted by atomic mass is 10.7. The van der Waals surface area contributed by atoms with Gasteiger partial charge in [-0.3, -0.25) is 0 Å². The van der Waals surface area contributed by atoms with E-state index >= 15 is 0 Å². The predicted octanol–water partition coefficient (Wildman–Crippen LogP) is 0.279. The molecule has 5 heteroatoms. The van der Waals surface area contributed by atoms with Crippen LogP contribution in [0, 0.1) is 12.3 Å². The summed E-state index contributed by atoms with van der Waals surface area (Å²) < 4.78 is 21.1. The van der Waals surface area contributed by atoms with Crippen molar-refractivity contribution in [1.82, 2.24) is 5.09 Å². The third kappa shape index (κ3) is 5.64. The summed E-state index contributed by atoms with van der Waals surface area (Å²) in [5.41, 5.74) is 0. The van der Waals surface area contributed by atoms with E-state index in [1.165, 1.54) is 0 Å². The van der Waals surface area contributed by atoms with Gasteiger partial charge in [-0.2, -0.15) is 0 Å². The van der Waals surface area contributed by atoms with Crippen molar-refractivity contribution in [3.05, 3.63) is 0 Å². The van der Waals surface area contributed by atoms with Gasteiger partial charge in [0, 0.05) is 0 Å². The van der Waals surface area contributed by atoms with Gasteiger partial charge < -0.3 is 4.89 Å². The highest BCUT2D eigenvalue weighted by Gasteiger charge is 2.11. The molecule has 0 fully saturated rings. The van der Waals surface area contributed by atoms with Crippen molar-refractivity contribution in [3.63, 3.8) is 0 Å². The van der Waals surface area contributed by atoms with Gasteiger partial charge in [-0.15, -0.1) is 10.6 Å². The van der Waals surface area contributed by atoms with Crippen molar-refractivity contribution in [2.45, 2.75) is 0 Å². The van der Waals surface area contributed by atoms with E-state index in [1.54, 1.807) is 5.09 Å². The van der Waals surface area contributed by atoms with Crippen molar-refractivity contribution >= 4 is 7.83 Å². The van der Waals surface area contributed by atoms with Gasteiger partial charge >= 0.3 is 7.83 Å². The molecule has 0 saturated carbocycles. The minimum atomic E-state index is -4.57. The zero-order valence-electron chi connectivity index (χ0n) is 3.97. The number of hydrogen-bond donors (Lipinski definition) is 2. The molecule has 0 aliphatic rings. The molecular weight excluding hydrogens is 132 g/mol. The molecule has 0 aromatic heterocycles. The molecule has 8 heavy (non-hydrogen) atoms. The van der Waals surface area contributed by atoms with Crippen LogP contribution in [0.5, 0.6) is 0 Å². The standard InChI is InChI=1S/C3H5FNO2P/c1-2-3-5-8(4,6)7/h1H,3H2,(H2,5,6,7). The molecule has 1 unspecified atom stereocenters. The summed E-state index contributed by atoms with van der Waals surface area (Å²) in [5, 5.41) is 1.58. The largest absolute Gasteiger partial charge is 0.440 e. The van der Waals surface area contributed by atoms with Crippen molar-refractivity contribution in [2.75, 3.05) is 6.54 Å². The predicted molar refractivity (Wildman–Crippen MR) is 27.8 cm³/mol. The summed E-state index contributed by atoms with van der Waals surface area (Å²) in [6.07, 6.45) is 4.62. The Morgan fingerprint density at radius 1 is 2.00 bits per heavy atom. The van der Waals surface area contributed by atoms with Crippen LogP contribution in [-0.4, -0.2) is 11.4 Å². The zero-order valence-corrected chi connectivity index (χ0v) is 4.86. The molecule has 0 saturated heterocycles. The van der Waals surface area contributed by atoms with E-state index in [-0.39, 0.29) is 6.54 Å². The van der Waals surface area contributed by atoms with Crippen LogP contribution in [0.2, 0.25) is 0 Å². The SMILES string of the molecule is C#CCNP(=O)(O)F. The van der Waals surface area contributed by atoms with Gasteiger partial charge in [-0.1, -0.05) is 5.92 Å². The average molecular weight is 137 g/mol. The van der Waals surface area contributed by atoms with Crippen LogP contribution >= 0.6 is 7.83 Å². The molecular formula is C3H5FNO2P.